The third-order valence-electron chi connectivity index (χ3n) is 4.69. The Labute approximate surface area is 188 Å². The van der Waals surface area contributed by atoms with Gasteiger partial charge >= 0.3 is 0 Å². The summed E-state index contributed by atoms with van der Waals surface area (Å²) in [5.41, 5.74) is 1.81. The van der Waals surface area contributed by atoms with Gasteiger partial charge in [0, 0.05) is 38.3 Å². The zero-order valence-corrected chi connectivity index (χ0v) is 19.2. The number of nitrogens with zero attached hydrogens (tertiary/aromatic N) is 2. The molecule has 0 aliphatic carbocycles. The normalized spacial score (nSPS) is 16.4. The Bertz CT molecular complexity index is 778. The second-order valence-electron chi connectivity index (χ2n) is 6.85. The number of likely N-dealkylation sites (tertiary alicyclic amines) is 1. The summed E-state index contributed by atoms with van der Waals surface area (Å²) in [5, 5.41) is 6.20. The molecule has 0 spiro atoms. The lowest BCUT2D eigenvalue weighted by Crippen LogP contribution is -2.40. The van der Waals surface area contributed by atoms with Crippen LogP contribution in [0.15, 0.2) is 52.1 Å². The topological polar surface area (TPSA) is 79.1 Å². The summed E-state index contributed by atoms with van der Waals surface area (Å²) in [7, 11) is 1.75. The van der Waals surface area contributed by atoms with Crippen LogP contribution in [0, 0.1) is 5.92 Å². The van der Waals surface area contributed by atoms with E-state index >= 15 is 0 Å². The van der Waals surface area contributed by atoms with Crippen molar-refractivity contribution in [1.29, 1.82) is 0 Å². The number of carbonyl (C=O) groups is 1. The van der Waals surface area contributed by atoms with Crippen LogP contribution in [0.5, 0.6) is 0 Å². The molecule has 29 heavy (non-hydrogen) atoms. The molecule has 0 radical (unpaired) electrons. The van der Waals surface area contributed by atoms with Crippen LogP contribution >= 0.6 is 24.0 Å². The Morgan fingerprint density at radius 3 is 2.76 bits per heavy atom. The number of rotatable bonds is 7. The van der Waals surface area contributed by atoms with Crippen LogP contribution in [0.3, 0.4) is 0 Å². The smallest absolute Gasteiger partial charge is 0.291 e. The van der Waals surface area contributed by atoms with E-state index in [1.807, 2.05) is 24.3 Å². The van der Waals surface area contributed by atoms with Crippen molar-refractivity contribution in [2.24, 2.45) is 10.9 Å². The second kappa shape index (κ2) is 11.8. The molecule has 2 heterocycles. The van der Waals surface area contributed by atoms with E-state index in [0.717, 1.165) is 49.9 Å². The molecular formula is C21H29IN4O3. The summed E-state index contributed by atoms with van der Waals surface area (Å²) in [6.45, 7) is 6.26. The Morgan fingerprint density at radius 1 is 1.31 bits per heavy atom. The van der Waals surface area contributed by atoms with E-state index in [1.165, 1.54) is 6.26 Å². The minimum Gasteiger partial charge on any atom is -0.459 e. The molecule has 0 bridgehead atoms. The molecule has 1 aromatic heterocycles. The van der Waals surface area contributed by atoms with Gasteiger partial charge in [0.25, 0.3) is 5.91 Å². The van der Waals surface area contributed by atoms with Crippen LogP contribution < -0.4 is 10.6 Å². The molecule has 1 atom stereocenters. The predicted octanol–water partition coefficient (Wildman–Crippen LogP) is 3.58. The highest BCUT2D eigenvalue weighted by molar-refractivity contribution is 14.0. The maximum absolute atomic E-state index is 12.0. The van der Waals surface area contributed by atoms with Gasteiger partial charge in [0.1, 0.15) is 0 Å². The highest BCUT2D eigenvalue weighted by Gasteiger charge is 2.24. The van der Waals surface area contributed by atoms with Crippen molar-refractivity contribution in [1.82, 2.24) is 10.2 Å². The minimum absolute atomic E-state index is 0. The number of hydrogen-bond donors (Lipinski definition) is 2. The third-order valence-corrected chi connectivity index (χ3v) is 4.69. The summed E-state index contributed by atoms with van der Waals surface area (Å²) in [5.74, 6) is 1.54. The Hall–Kier alpha value is -2.07. The average Bonchev–Trinajstić information content (AvgIpc) is 3.39. The van der Waals surface area contributed by atoms with E-state index < -0.39 is 0 Å². The minimum atomic E-state index is -0.259. The largest absolute Gasteiger partial charge is 0.459 e. The van der Waals surface area contributed by atoms with Gasteiger partial charge in [-0.1, -0.05) is 12.1 Å². The standard InChI is InChI=1S/C21H28N4O3.HI/c1-3-22-21(25-11-10-17(14-25)15-27-2)23-13-16-6-8-18(9-7-16)24-20(26)19-5-4-12-28-19;/h4-9,12,17H,3,10-11,13-15H2,1-2H3,(H,22,23)(H,24,26);1H. The van der Waals surface area contributed by atoms with E-state index in [-0.39, 0.29) is 29.9 Å². The van der Waals surface area contributed by atoms with Gasteiger partial charge in [-0.2, -0.15) is 0 Å². The number of furan rings is 1. The van der Waals surface area contributed by atoms with E-state index in [0.29, 0.717) is 18.2 Å². The number of guanidine groups is 1. The monoisotopic (exact) mass is 512 g/mol. The van der Waals surface area contributed by atoms with Gasteiger partial charge in [0.15, 0.2) is 11.7 Å². The Morgan fingerprint density at radius 2 is 2.10 bits per heavy atom. The number of carbonyl (C=O) groups excluding carboxylic acids is 1. The summed E-state index contributed by atoms with van der Waals surface area (Å²) in [6, 6.07) is 11.0. The van der Waals surface area contributed by atoms with Crippen molar-refractivity contribution in [2.75, 3.05) is 38.7 Å². The number of ether oxygens (including phenoxy) is 1. The van der Waals surface area contributed by atoms with Gasteiger partial charge in [-0.3, -0.25) is 4.79 Å². The van der Waals surface area contributed by atoms with Crippen molar-refractivity contribution in [3.05, 3.63) is 54.0 Å². The molecule has 2 aromatic rings. The van der Waals surface area contributed by atoms with Gasteiger partial charge in [0.05, 0.1) is 19.4 Å². The number of hydrogen-bond acceptors (Lipinski definition) is 4. The van der Waals surface area contributed by atoms with E-state index in [4.69, 9.17) is 14.1 Å². The number of aliphatic imine (C=N–C) groups is 1. The molecule has 7 nitrogen and oxygen atoms in total. The van der Waals surface area contributed by atoms with Gasteiger partial charge in [-0.25, -0.2) is 4.99 Å². The zero-order valence-electron chi connectivity index (χ0n) is 16.9. The number of anilines is 1. The zero-order chi connectivity index (χ0) is 19.8. The fraction of sp³-hybridized carbons (Fsp3) is 0.429. The van der Waals surface area contributed by atoms with Crippen molar-refractivity contribution in [3.8, 4) is 0 Å². The number of amides is 1. The first kappa shape index (κ1) is 23.2. The number of nitrogens with one attached hydrogen (secondary N) is 2. The number of methoxy groups -OCH3 is 1. The molecule has 1 aromatic carbocycles. The van der Waals surface area contributed by atoms with Gasteiger partial charge in [0.2, 0.25) is 0 Å². The first-order valence-corrected chi connectivity index (χ1v) is 9.65. The molecule has 1 fully saturated rings. The summed E-state index contributed by atoms with van der Waals surface area (Å²) < 4.78 is 10.4. The fourth-order valence-corrected chi connectivity index (χ4v) is 3.28. The molecule has 8 heteroatoms. The molecule has 3 rings (SSSR count). The van der Waals surface area contributed by atoms with E-state index in [2.05, 4.69) is 22.5 Å². The maximum atomic E-state index is 12.0. The second-order valence-corrected chi connectivity index (χ2v) is 6.85. The van der Waals surface area contributed by atoms with Gasteiger partial charge in [-0.05, 0) is 43.2 Å². The number of benzene rings is 1. The highest BCUT2D eigenvalue weighted by atomic mass is 127. The van der Waals surface area contributed by atoms with Crippen molar-refractivity contribution >= 4 is 41.5 Å². The third kappa shape index (κ3) is 6.74. The fourth-order valence-electron chi connectivity index (χ4n) is 3.28. The van der Waals surface area contributed by atoms with E-state index in [1.54, 1.807) is 19.2 Å². The van der Waals surface area contributed by atoms with Crippen LogP contribution in [0.25, 0.3) is 0 Å². The molecule has 1 aliphatic heterocycles. The maximum Gasteiger partial charge on any atom is 0.291 e. The summed E-state index contributed by atoms with van der Waals surface area (Å²) >= 11 is 0. The van der Waals surface area contributed by atoms with Crippen LogP contribution in [0.2, 0.25) is 0 Å². The van der Waals surface area contributed by atoms with Crippen LogP contribution in [-0.2, 0) is 11.3 Å². The number of halogens is 1. The van der Waals surface area contributed by atoms with Crippen molar-refractivity contribution in [3.63, 3.8) is 0 Å². The SMILES string of the molecule is CCNC(=NCc1ccc(NC(=O)c2ccco2)cc1)N1CCC(COC)C1.I. The first-order chi connectivity index (χ1) is 13.7. The Balaban J connectivity index is 0.00000300. The lowest BCUT2D eigenvalue weighted by Gasteiger charge is -2.21. The molecule has 1 aliphatic rings. The molecule has 1 amide bonds. The van der Waals surface area contributed by atoms with Crippen molar-refractivity contribution < 1.29 is 13.9 Å². The summed E-state index contributed by atoms with van der Waals surface area (Å²) in [6.07, 6.45) is 2.61. The van der Waals surface area contributed by atoms with Crippen LogP contribution in [0.1, 0.15) is 29.5 Å². The lowest BCUT2D eigenvalue weighted by molar-refractivity contribution is 0.0996. The Kier molecular flexibility index (Phi) is 9.46. The molecule has 158 valence electrons. The molecule has 0 saturated carbocycles. The lowest BCUT2D eigenvalue weighted by atomic mass is 10.1. The van der Waals surface area contributed by atoms with Gasteiger partial charge in [-0.15, -0.1) is 24.0 Å². The van der Waals surface area contributed by atoms with Gasteiger partial charge < -0.3 is 24.7 Å². The molecular weight excluding hydrogens is 483 g/mol. The van der Waals surface area contributed by atoms with E-state index in [9.17, 15) is 4.79 Å². The quantitative estimate of drug-likeness (QED) is 0.337. The summed E-state index contributed by atoms with van der Waals surface area (Å²) in [4.78, 5) is 19.1. The van der Waals surface area contributed by atoms with Crippen LogP contribution in [-0.4, -0.2) is 50.1 Å². The highest BCUT2D eigenvalue weighted by Crippen LogP contribution is 2.17. The average molecular weight is 512 g/mol. The molecule has 1 saturated heterocycles. The first-order valence-electron chi connectivity index (χ1n) is 9.65. The molecule has 1 unspecified atom stereocenters. The predicted molar refractivity (Wildman–Crippen MR) is 125 cm³/mol. The van der Waals surface area contributed by atoms with Crippen LogP contribution in [0.4, 0.5) is 5.69 Å². The molecule has 2 N–H and O–H groups in total. The van der Waals surface area contributed by atoms with Crippen molar-refractivity contribution in [2.45, 2.75) is 19.9 Å².